The van der Waals surface area contributed by atoms with Gasteiger partial charge in [0.05, 0.1) is 40.0 Å². The van der Waals surface area contributed by atoms with Gasteiger partial charge in [-0.2, -0.15) is 0 Å². The van der Waals surface area contributed by atoms with Crippen LogP contribution in [0.1, 0.15) is 49.3 Å². The zero-order valence-corrected chi connectivity index (χ0v) is 18.6. The molecule has 1 aliphatic carbocycles. The van der Waals surface area contributed by atoms with Gasteiger partial charge in [0, 0.05) is 6.26 Å². The van der Waals surface area contributed by atoms with Crippen molar-refractivity contribution >= 4 is 33.2 Å². The molecule has 1 atom stereocenters. The van der Waals surface area contributed by atoms with E-state index in [0.717, 1.165) is 37.6 Å². The van der Waals surface area contributed by atoms with E-state index in [2.05, 4.69) is 15.3 Å². The van der Waals surface area contributed by atoms with Crippen molar-refractivity contribution in [1.29, 1.82) is 0 Å². The minimum atomic E-state index is -3.46. The summed E-state index contributed by atoms with van der Waals surface area (Å²) in [5.74, 6) is -0.142. The van der Waals surface area contributed by atoms with Gasteiger partial charge in [0.25, 0.3) is 0 Å². The van der Waals surface area contributed by atoms with Crippen LogP contribution in [0.5, 0.6) is 0 Å². The van der Waals surface area contributed by atoms with Crippen LogP contribution in [0.15, 0.2) is 35.5 Å². The lowest BCUT2D eigenvalue weighted by Gasteiger charge is -2.28. The number of amides is 1. The summed E-state index contributed by atoms with van der Waals surface area (Å²) < 4.78 is 23.8. The molecule has 1 amide bonds. The Morgan fingerprint density at radius 3 is 2.50 bits per heavy atom. The number of rotatable bonds is 6. The fourth-order valence-corrected chi connectivity index (χ4v) is 5.15. The number of aliphatic hydroxyl groups excluding tert-OH is 1. The highest BCUT2D eigenvalue weighted by Crippen LogP contribution is 2.35. The second-order valence-corrected chi connectivity index (χ2v) is 10.3. The summed E-state index contributed by atoms with van der Waals surface area (Å²) in [6.07, 6.45) is 7.58. The number of carbonyl (C=O) groups excluding carboxylic acids is 1. The lowest BCUT2D eigenvalue weighted by molar-refractivity contribution is -0.118. The number of hydrogen-bond acceptors (Lipinski definition) is 6. The molecule has 0 bridgehead atoms. The highest BCUT2D eigenvalue weighted by molar-refractivity contribution is 7.90. The van der Waals surface area contributed by atoms with Crippen molar-refractivity contribution < 1.29 is 18.3 Å². The van der Waals surface area contributed by atoms with E-state index in [4.69, 9.17) is 11.6 Å². The molecule has 7 nitrogen and oxygen atoms in total. The standard InChI is InChI=1S/C21H26ClN3O4S/c1-13-11-24-20(12-23-13)25-21(27)17(9-14-3-6-16(26)7-4-14)15-5-8-19(18(22)10-15)30(2,28)29/h5,8,10-12,14,16-17,26H,3-4,6-7,9H2,1-2H3,(H,24,25,27). The third-order valence-corrected chi connectivity index (χ3v) is 7.07. The second-order valence-electron chi connectivity index (χ2n) is 7.96. The Kier molecular flexibility index (Phi) is 7.10. The number of hydrogen-bond donors (Lipinski definition) is 2. The van der Waals surface area contributed by atoms with E-state index in [1.807, 2.05) is 6.92 Å². The van der Waals surface area contributed by atoms with E-state index < -0.39 is 15.8 Å². The molecule has 1 aliphatic rings. The first-order valence-corrected chi connectivity index (χ1v) is 12.2. The average Bonchev–Trinajstić information content (AvgIpc) is 2.68. The van der Waals surface area contributed by atoms with Gasteiger partial charge in [-0.05, 0) is 62.6 Å². The number of sulfone groups is 1. The van der Waals surface area contributed by atoms with Gasteiger partial charge in [0.2, 0.25) is 5.91 Å². The first-order chi connectivity index (χ1) is 14.1. The first kappa shape index (κ1) is 22.7. The summed E-state index contributed by atoms with van der Waals surface area (Å²) >= 11 is 6.24. The van der Waals surface area contributed by atoms with Crippen LogP contribution < -0.4 is 5.32 Å². The molecule has 30 heavy (non-hydrogen) atoms. The van der Waals surface area contributed by atoms with E-state index in [1.165, 1.54) is 12.3 Å². The van der Waals surface area contributed by atoms with Gasteiger partial charge in [-0.1, -0.05) is 17.7 Å². The van der Waals surface area contributed by atoms with E-state index in [1.54, 1.807) is 18.3 Å². The van der Waals surface area contributed by atoms with Crippen LogP contribution in [0.25, 0.3) is 0 Å². The van der Waals surface area contributed by atoms with Crippen molar-refractivity contribution in [3.05, 3.63) is 46.9 Å². The largest absolute Gasteiger partial charge is 0.393 e. The molecule has 1 fully saturated rings. The zero-order valence-electron chi connectivity index (χ0n) is 17.0. The minimum Gasteiger partial charge on any atom is -0.393 e. The predicted octanol–water partition coefficient (Wildman–Crippen LogP) is 3.51. The average molecular weight is 452 g/mol. The van der Waals surface area contributed by atoms with Gasteiger partial charge in [0.15, 0.2) is 15.7 Å². The highest BCUT2D eigenvalue weighted by atomic mass is 35.5. The summed E-state index contributed by atoms with van der Waals surface area (Å²) in [5.41, 5.74) is 1.39. The maximum Gasteiger partial charge on any atom is 0.233 e. The van der Waals surface area contributed by atoms with E-state index in [0.29, 0.717) is 17.8 Å². The van der Waals surface area contributed by atoms with Crippen LogP contribution in [0.4, 0.5) is 5.82 Å². The van der Waals surface area contributed by atoms with E-state index in [-0.39, 0.29) is 27.8 Å². The third kappa shape index (κ3) is 5.77. The number of anilines is 1. The first-order valence-electron chi connectivity index (χ1n) is 9.90. The number of nitrogens with zero attached hydrogens (tertiary/aromatic N) is 2. The number of carbonyl (C=O) groups is 1. The van der Waals surface area contributed by atoms with Crippen LogP contribution in [-0.2, 0) is 14.6 Å². The topological polar surface area (TPSA) is 109 Å². The Bertz CT molecular complexity index is 1000. The van der Waals surface area contributed by atoms with E-state index in [9.17, 15) is 18.3 Å². The Balaban J connectivity index is 1.87. The monoisotopic (exact) mass is 451 g/mol. The number of aliphatic hydroxyl groups is 1. The number of aromatic nitrogens is 2. The normalized spacial score (nSPS) is 20.5. The zero-order chi connectivity index (χ0) is 21.9. The molecule has 0 aliphatic heterocycles. The Morgan fingerprint density at radius 1 is 1.23 bits per heavy atom. The van der Waals surface area contributed by atoms with Gasteiger partial charge in [0.1, 0.15) is 0 Å². The molecule has 1 unspecified atom stereocenters. The smallest absolute Gasteiger partial charge is 0.233 e. The third-order valence-electron chi connectivity index (χ3n) is 5.49. The van der Waals surface area contributed by atoms with Crippen molar-refractivity contribution in [2.45, 2.75) is 55.9 Å². The molecule has 2 aromatic rings. The van der Waals surface area contributed by atoms with Crippen LogP contribution in [-0.4, -0.2) is 41.8 Å². The van der Waals surface area contributed by atoms with Gasteiger partial charge < -0.3 is 10.4 Å². The van der Waals surface area contributed by atoms with Crippen molar-refractivity contribution in [3.63, 3.8) is 0 Å². The molecule has 3 rings (SSSR count). The maximum absolute atomic E-state index is 13.1. The number of halogens is 1. The van der Waals surface area contributed by atoms with Gasteiger partial charge in [-0.25, -0.2) is 13.4 Å². The molecule has 9 heteroatoms. The fourth-order valence-electron chi connectivity index (χ4n) is 3.81. The molecule has 0 saturated heterocycles. The molecule has 0 spiro atoms. The molecule has 0 radical (unpaired) electrons. The summed E-state index contributed by atoms with van der Waals surface area (Å²) in [6.45, 7) is 1.81. The maximum atomic E-state index is 13.1. The van der Waals surface area contributed by atoms with Crippen LogP contribution in [0.3, 0.4) is 0 Å². The molecule has 162 valence electrons. The van der Waals surface area contributed by atoms with E-state index >= 15 is 0 Å². The van der Waals surface area contributed by atoms with Crippen LogP contribution in [0, 0.1) is 12.8 Å². The minimum absolute atomic E-state index is 0.0391. The fraction of sp³-hybridized carbons (Fsp3) is 0.476. The van der Waals surface area contributed by atoms with Crippen LogP contribution in [0.2, 0.25) is 5.02 Å². The highest BCUT2D eigenvalue weighted by Gasteiger charge is 2.29. The predicted molar refractivity (Wildman–Crippen MR) is 115 cm³/mol. The number of aryl methyl sites for hydroxylation is 1. The summed E-state index contributed by atoms with van der Waals surface area (Å²) in [6, 6.07) is 4.65. The molecule has 1 aromatic heterocycles. The Hall–Kier alpha value is -2.03. The molecule has 1 heterocycles. The summed E-state index contributed by atoms with van der Waals surface area (Å²) in [4.78, 5) is 21.5. The molecule has 1 saturated carbocycles. The van der Waals surface area contributed by atoms with Gasteiger partial charge >= 0.3 is 0 Å². The number of benzene rings is 1. The molecular formula is C21H26ClN3O4S. The molecule has 1 aromatic carbocycles. The van der Waals surface area contributed by atoms with Gasteiger partial charge in [-0.15, -0.1) is 0 Å². The lowest BCUT2D eigenvalue weighted by atomic mass is 9.79. The quantitative estimate of drug-likeness (QED) is 0.695. The summed E-state index contributed by atoms with van der Waals surface area (Å²) in [7, 11) is -3.46. The molecular weight excluding hydrogens is 426 g/mol. The van der Waals surface area contributed by atoms with Crippen molar-refractivity contribution in [1.82, 2.24) is 9.97 Å². The lowest BCUT2D eigenvalue weighted by Crippen LogP contribution is -2.26. The van der Waals surface area contributed by atoms with Crippen molar-refractivity contribution in [2.75, 3.05) is 11.6 Å². The second kappa shape index (κ2) is 9.41. The molecule has 2 N–H and O–H groups in total. The van der Waals surface area contributed by atoms with Crippen molar-refractivity contribution in [3.8, 4) is 0 Å². The van der Waals surface area contributed by atoms with Crippen LogP contribution >= 0.6 is 11.6 Å². The SMILES string of the molecule is Cc1cnc(NC(=O)C(CC2CCC(O)CC2)c2ccc(S(C)(=O)=O)c(Cl)c2)cn1. The number of nitrogens with one attached hydrogen (secondary N) is 1. The van der Waals surface area contributed by atoms with Crippen molar-refractivity contribution in [2.24, 2.45) is 5.92 Å². The Morgan fingerprint density at radius 2 is 1.93 bits per heavy atom. The summed E-state index contributed by atoms with van der Waals surface area (Å²) in [5, 5.41) is 12.7. The Labute approximate surface area is 181 Å². The van der Waals surface area contributed by atoms with Gasteiger partial charge in [-0.3, -0.25) is 9.78 Å².